The Morgan fingerprint density at radius 3 is 3.19 bits per heavy atom. The molecule has 1 fully saturated rings. The standard InChI is InChI=1S/C10H13FN2O3/c11-10-3-9(8(12)4-13-10)16-6-7-5-14-1-2-15-7/h3-4,7H,1-2,5-6,12H2/t7-/m1/s1. The van der Waals surface area contributed by atoms with Gasteiger partial charge in [-0.2, -0.15) is 4.39 Å². The first kappa shape index (κ1) is 11.1. The van der Waals surface area contributed by atoms with E-state index in [0.717, 1.165) is 6.07 Å². The van der Waals surface area contributed by atoms with Crippen LogP contribution >= 0.6 is 0 Å². The van der Waals surface area contributed by atoms with Gasteiger partial charge in [0.25, 0.3) is 0 Å². The van der Waals surface area contributed by atoms with Crippen molar-refractivity contribution in [2.45, 2.75) is 6.10 Å². The van der Waals surface area contributed by atoms with Crippen LogP contribution in [-0.4, -0.2) is 37.5 Å². The first-order chi connectivity index (χ1) is 7.75. The average Bonchev–Trinajstić information content (AvgIpc) is 2.32. The van der Waals surface area contributed by atoms with Crippen molar-refractivity contribution in [2.24, 2.45) is 0 Å². The van der Waals surface area contributed by atoms with E-state index in [1.54, 1.807) is 0 Å². The number of pyridine rings is 1. The molecule has 0 radical (unpaired) electrons. The molecular weight excluding hydrogens is 215 g/mol. The fourth-order valence-electron chi connectivity index (χ4n) is 1.36. The van der Waals surface area contributed by atoms with Gasteiger partial charge in [0, 0.05) is 6.07 Å². The van der Waals surface area contributed by atoms with Gasteiger partial charge in [-0.15, -0.1) is 0 Å². The Morgan fingerprint density at radius 2 is 2.44 bits per heavy atom. The summed E-state index contributed by atoms with van der Waals surface area (Å²) in [5.74, 6) is -0.341. The van der Waals surface area contributed by atoms with E-state index in [2.05, 4.69) is 4.98 Å². The van der Waals surface area contributed by atoms with Crippen molar-refractivity contribution in [3.63, 3.8) is 0 Å². The molecule has 2 N–H and O–H groups in total. The quantitative estimate of drug-likeness (QED) is 0.767. The highest BCUT2D eigenvalue weighted by Crippen LogP contribution is 2.20. The number of rotatable bonds is 3. The largest absolute Gasteiger partial charge is 0.488 e. The van der Waals surface area contributed by atoms with Gasteiger partial charge in [0.1, 0.15) is 18.5 Å². The van der Waals surface area contributed by atoms with Gasteiger partial charge >= 0.3 is 0 Å². The maximum absolute atomic E-state index is 12.8. The zero-order valence-corrected chi connectivity index (χ0v) is 8.69. The van der Waals surface area contributed by atoms with Crippen molar-refractivity contribution in [3.05, 3.63) is 18.2 Å². The predicted octanol–water partition coefficient (Wildman–Crippen LogP) is 0.597. The smallest absolute Gasteiger partial charge is 0.216 e. The first-order valence-corrected chi connectivity index (χ1v) is 4.99. The number of ether oxygens (including phenoxy) is 3. The van der Waals surface area contributed by atoms with E-state index in [1.807, 2.05) is 0 Å². The summed E-state index contributed by atoms with van der Waals surface area (Å²) in [4.78, 5) is 3.41. The molecule has 6 heteroatoms. The van der Waals surface area contributed by atoms with Crippen molar-refractivity contribution in [1.29, 1.82) is 0 Å². The Hall–Kier alpha value is -1.40. The molecule has 0 saturated carbocycles. The highest BCUT2D eigenvalue weighted by Gasteiger charge is 2.15. The lowest BCUT2D eigenvalue weighted by molar-refractivity contribution is -0.101. The maximum atomic E-state index is 12.8. The van der Waals surface area contributed by atoms with Crippen LogP contribution in [0.5, 0.6) is 5.75 Å². The van der Waals surface area contributed by atoms with Crippen molar-refractivity contribution in [1.82, 2.24) is 4.98 Å². The van der Waals surface area contributed by atoms with Gasteiger partial charge in [0.05, 0.1) is 31.7 Å². The monoisotopic (exact) mass is 228 g/mol. The molecule has 0 aromatic carbocycles. The van der Waals surface area contributed by atoms with Crippen molar-refractivity contribution in [3.8, 4) is 5.75 Å². The molecule has 0 amide bonds. The number of nitrogens with zero attached hydrogens (tertiary/aromatic N) is 1. The number of hydrogen-bond donors (Lipinski definition) is 1. The van der Waals surface area contributed by atoms with Gasteiger partial charge in [0.2, 0.25) is 5.95 Å². The minimum Gasteiger partial charge on any atom is -0.488 e. The molecule has 0 bridgehead atoms. The summed E-state index contributed by atoms with van der Waals surface area (Å²) in [6.07, 6.45) is 1.09. The topological polar surface area (TPSA) is 66.6 Å². The molecule has 1 aromatic rings. The van der Waals surface area contributed by atoms with Crippen LogP contribution in [0.15, 0.2) is 12.3 Å². The molecule has 2 rings (SSSR count). The lowest BCUT2D eigenvalue weighted by Crippen LogP contribution is -2.33. The van der Waals surface area contributed by atoms with Gasteiger partial charge < -0.3 is 19.9 Å². The SMILES string of the molecule is Nc1cnc(F)cc1OC[C@H]1COCCO1. The van der Waals surface area contributed by atoms with E-state index in [1.165, 1.54) is 6.20 Å². The van der Waals surface area contributed by atoms with Gasteiger partial charge in [-0.1, -0.05) is 0 Å². The molecule has 1 aliphatic heterocycles. The van der Waals surface area contributed by atoms with Crippen molar-refractivity contribution >= 4 is 5.69 Å². The van der Waals surface area contributed by atoms with E-state index < -0.39 is 5.95 Å². The van der Waals surface area contributed by atoms with Crippen LogP contribution in [0.2, 0.25) is 0 Å². The number of hydrogen-bond acceptors (Lipinski definition) is 5. The lowest BCUT2D eigenvalue weighted by Gasteiger charge is -2.23. The number of halogens is 1. The van der Waals surface area contributed by atoms with Crippen LogP contribution in [0, 0.1) is 5.95 Å². The fraction of sp³-hybridized carbons (Fsp3) is 0.500. The second-order valence-electron chi connectivity index (χ2n) is 3.42. The number of aromatic nitrogens is 1. The Kier molecular flexibility index (Phi) is 3.53. The van der Waals surface area contributed by atoms with Crippen LogP contribution in [0.4, 0.5) is 10.1 Å². The minimum atomic E-state index is -0.620. The first-order valence-electron chi connectivity index (χ1n) is 4.99. The number of anilines is 1. The van der Waals surface area contributed by atoms with Gasteiger partial charge in [-0.3, -0.25) is 0 Å². The van der Waals surface area contributed by atoms with Gasteiger partial charge in [0.15, 0.2) is 0 Å². The van der Waals surface area contributed by atoms with E-state index in [9.17, 15) is 4.39 Å². The molecule has 0 spiro atoms. The summed E-state index contributed by atoms with van der Waals surface area (Å²) in [6, 6.07) is 1.15. The molecular formula is C10H13FN2O3. The zero-order valence-electron chi connectivity index (χ0n) is 8.69. The minimum absolute atomic E-state index is 0.135. The number of nitrogens with two attached hydrogens (primary N) is 1. The molecule has 5 nitrogen and oxygen atoms in total. The predicted molar refractivity (Wildman–Crippen MR) is 54.7 cm³/mol. The Labute approximate surface area is 92.3 Å². The molecule has 0 aliphatic carbocycles. The zero-order chi connectivity index (χ0) is 11.4. The third kappa shape index (κ3) is 2.80. The van der Waals surface area contributed by atoms with Crippen molar-refractivity contribution < 1.29 is 18.6 Å². The molecule has 16 heavy (non-hydrogen) atoms. The van der Waals surface area contributed by atoms with Crippen LogP contribution in [0.1, 0.15) is 0 Å². The Morgan fingerprint density at radius 1 is 1.56 bits per heavy atom. The highest BCUT2D eigenvalue weighted by atomic mass is 19.1. The lowest BCUT2D eigenvalue weighted by atomic mass is 10.3. The van der Waals surface area contributed by atoms with E-state index in [-0.39, 0.29) is 18.5 Å². The van der Waals surface area contributed by atoms with Crippen LogP contribution in [0.3, 0.4) is 0 Å². The second-order valence-corrected chi connectivity index (χ2v) is 3.42. The van der Waals surface area contributed by atoms with E-state index in [4.69, 9.17) is 19.9 Å². The molecule has 1 saturated heterocycles. The average molecular weight is 228 g/mol. The van der Waals surface area contributed by atoms with Gasteiger partial charge in [-0.05, 0) is 0 Å². The van der Waals surface area contributed by atoms with Crippen LogP contribution in [0.25, 0.3) is 0 Å². The summed E-state index contributed by atoms with van der Waals surface area (Å²) in [7, 11) is 0. The summed E-state index contributed by atoms with van der Waals surface area (Å²) < 4.78 is 28.7. The summed E-state index contributed by atoms with van der Waals surface area (Å²) in [5, 5.41) is 0. The summed E-state index contributed by atoms with van der Waals surface area (Å²) in [5.41, 5.74) is 5.88. The molecule has 0 unspecified atom stereocenters. The number of nitrogen functional groups attached to an aromatic ring is 1. The van der Waals surface area contributed by atoms with Crippen LogP contribution < -0.4 is 10.5 Å². The molecule has 1 aromatic heterocycles. The van der Waals surface area contributed by atoms with Gasteiger partial charge in [-0.25, -0.2) is 4.98 Å². The van der Waals surface area contributed by atoms with E-state index >= 15 is 0 Å². The van der Waals surface area contributed by atoms with E-state index in [0.29, 0.717) is 25.5 Å². The Bertz CT molecular complexity index is 356. The molecule has 2 heterocycles. The normalized spacial score (nSPS) is 20.7. The maximum Gasteiger partial charge on any atom is 0.216 e. The molecule has 1 atom stereocenters. The van der Waals surface area contributed by atoms with Crippen LogP contribution in [-0.2, 0) is 9.47 Å². The Balaban J connectivity index is 1.90. The summed E-state index contributed by atoms with van der Waals surface area (Å²) in [6.45, 7) is 1.91. The highest BCUT2D eigenvalue weighted by molar-refractivity contribution is 5.49. The summed E-state index contributed by atoms with van der Waals surface area (Å²) >= 11 is 0. The van der Waals surface area contributed by atoms with Crippen molar-refractivity contribution in [2.75, 3.05) is 32.2 Å². The molecule has 1 aliphatic rings. The molecule has 88 valence electrons. The third-order valence-corrected chi connectivity index (χ3v) is 2.17. The second kappa shape index (κ2) is 5.09. The third-order valence-electron chi connectivity index (χ3n) is 2.17. The fourth-order valence-corrected chi connectivity index (χ4v) is 1.36.